The van der Waals surface area contributed by atoms with Gasteiger partial charge in [0.15, 0.2) is 11.5 Å². The number of methoxy groups -OCH3 is 3. The van der Waals surface area contributed by atoms with Crippen LogP contribution in [0.15, 0.2) is 143 Å². The van der Waals surface area contributed by atoms with Crippen LogP contribution in [0.1, 0.15) is 32.4 Å². The van der Waals surface area contributed by atoms with Crippen LogP contribution in [-0.2, 0) is 16.6 Å². The Kier molecular flexibility index (Phi) is 12.6. The Labute approximate surface area is 334 Å². The number of rotatable bonds is 14. The van der Waals surface area contributed by atoms with Crippen molar-refractivity contribution in [3.8, 4) is 22.9 Å². The molecular formula is C44H41N5O7S. The molecule has 0 aliphatic rings. The molecule has 1 aromatic heterocycles. The maximum atomic E-state index is 14.1. The van der Waals surface area contributed by atoms with E-state index in [2.05, 4.69) is 16.0 Å². The number of carbonyl (C=O) groups is 3. The summed E-state index contributed by atoms with van der Waals surface area (Å²) in [6.45, 7) is 1.78. The summed E-state index contributed by atoms with van der Waals surface area (Å²) in [5.41, 5.74) is 3.00. The smallest absolute Gasteiger partial charge is 0.295 e. The third kappa shape index (κ3) is 9.11. The average Bonchev–Trinajstić information content (AvgIpc) is 3.45. The van der Waals surface area contributed by atoms with Gasteiger partial charge in [-0.3, -0.25) is 23.9 Å². The number of carbonyl (C=O) groups excluding carboxylic acids is 3. The molecule has 1 heterocycles. The first-order valence-corrected chi connectivity index (χ1v) is 18.7. The molecule has 0 bridgehead atoms. The molecule has 1 unspecified atom stereocenters. The molecule has 0 radical (unpaired) electrons. The predicted octanol–water partition coefficient (Wildman–Crippen LogP) is 7.39. The summed E-state index contributed by atoms with van der Waals surface area (Å²) in [7, 11) is 6.22. The highest BCUT2D eigenvalue weighted by molar-refractivity contribution is 8.00. The number of aromatic nitrogens is 2. The fourth-order valence-corrected chi connectivity index (χ4v) is 7.16. The predicted molar refractivity (Wildman–Crippen MR) is 222 cm³/mol. The molecule has 13 heteroatoms. The highest BCUT2D eigenvalue weighted by atomic mass is 32.2. The molecule has 5 aromatic carbocycles. The van der Waals surface area contributed by atoms with Crippen molar-refractivity contribution in [2.75, 3.05) is 32.0 Å². The van der Waals surface area contributed by atoms with E-state index in [0.717, 1.165) is 0 Å². The zero-order valence-corrected chi connectivity index (χ0v) is 32.8. The third-order valence-corrected chi connectivity index (χ3v) is 10.3. The van der Waals surface area contributed by atoms with E-state index in [1.54, 1.807) is 79.3 Å². The van der Waals surface area contributed by atoms with Gasteiger partial charge in [-0.05, 0) is 78.7 Å². The van der Waals surface area contributed by atoms with Gasteiger partial charge >= 0.3 is 0 Å². The lowest BCUT2D eigenvalue weighted by Crippen LogP contribution is -2.30. The van der Waals surface area contributed by atoms with Crippen LogP contribution in [0.2, 0.25) is 0 Å². The van der Waals surface area contributed by atoms with Crippen LogP contribution >= 0.6 is 11.8 Å². The van der Waals surface area contributed by atoms with Crippen LogP contribution in [0.4, 0.5) is 11.4 Å². The first-order chi connectivity index (χ1) is 27.6. The van der Waals surface area contributed by atoms with Crippen molar-refractivity contribution >= 4 is 46.9 Å². The van der Waals surface area contributed by atoms with Gasteiger partial charge in [-0.25, -0.2) is 4.68 Å². The summed E-state index contributed by atoms with van der Waals surface area (Å²) in [5.74, 6) is -0.398. The SMILES string of the molecule is COc1cc(/C=C(/NC(=O)c2ccccc2)C(=O)Nc2cccc(SC(C(=O)Nc3c(C)n(C)n(-c4ccccc4)c3=O)c3ccccc3)c2)cc(OC)c1OC. The molecule has 0 aliphatic carbocycles. The van der Waals surface area contributed by atoms with Gasteiger partial charge in [0.1, 0.15) is 16.6 Å². The molecule has 3 amide bonds. The Morgan fingerprint density at radius 3 is 1.96 bits per heavy atom. The summed E-state index contributed by atoms with van der Waals surface area (Å²) >= 11 is 1.26. The lowest BCUT2D eigenvalue weighted by molar-refractivity contribution is -0.116. The maximum Gasteiger partial charge on any atom is 0.295 e. The van der Waals surface area contributed by atoms with Crippen molar-refractivity contribution in [3.63, 3.8) is 0 Å². The van der Waals surface area contributed by atoms with E-state index < -0.39 is 23.0 Å². The fraction of sp³-hybridized carbons (Fsp3) is 0.136. The molecule has 0 saturated carbocycles. The van der Waals surface area contributed by atoms with Gasteiger partial charge in [-0.1, -0.05) is 72.8 Å². The molecule has 290 valence electrons. The molecule has 6 rings (SSSR count). The number of amides is 3. The number of benzene rings is 5. The van der Waals surface area contributed by atoms with Crippen LogP contribution in [0.3, 0.4) is 0 Å². The molecule has 0 aliphatic heterocycles. The number of nitrogens with one attached hydrogen (secondary N) is 3. The van der Waals surface area contributed by atoms with Gasteiger partial charge in [0.05, 0.1) is 32.7 Å². The molecule has 1 atom stereocenters. The summed E-state index contributed by atoms with van der Waals surface area (Å²) in [4.78, 5) is 55.8. The van der Waals surface area contributed by atoms with Crippen molar-refractivity contribution in [1.82, 2.24) is 14.7 Å². The number of hydrogen-bond donors (Lipinski definition) is 3. The number of hydrogen-bond acceptors (Lipinski definition) is 8. The Bertz CT molecular complexity index is 2460. The van der Waals surface area contributed by atoms with E-state index in [0.29, 0.717) is 55.9 Å². The molecule has 6 aromatic rings. The summed E-state index contributed by atoms with van der Waals surface area (Å²) in [5, 5.41) is 7.77. The van der Waals surface area contributed by atoms with E-state index >= 15 is 0 Å². The number of thioether (sulfide) groups is 1. The summed E-state index contributed by atoms with van der Waals surface area (Å²) in [6.07, 6.45) is 1.51. The van der Waals surface area contributed by atoms with Gasteiger partial charge in [0.25, 0.3) is 17.4 Å². The minimum Gasteiger partial charge on any atom is -0.493 e. The molecule has 57 heavy (non-hydrogen) atoms. The van der Waals surface area contributed by atoms with E-state index in [9.17, 15) is 19.2 Å². The van der Waals surface area contributed by atoms with Gasteiger partial charge in [-0.15, -0.1) is 11.8 Å². The quantitative estimate of drug-likeness (QED) is 0.0768. The first kappa shape index (κ1) is 39.7. The fourth-order valence-electron chi connectivity index (χ4n) is 6.08. The second kappa shape index (κ2) is 18.1. The van der Waals surface area contributed by atoms with Crippen LogP contribution in [0.5, 0.6) is 17.2 Å². The highest BCUT2D eigenvalue weighted by Crippen LogP contribution is 2.39. The standard InChI is InChI=1S/C44H41N5O7S/c1-28-38(44(53)49(48(28)2)33-21-13-8-14-22-33)47-43(52)40(30-16-9-6-10-17-30)57-34-23-15-20-32(27-34)45-42(51)35(46-41(50)31-18-11-7-12-19-31)24-29-25-36(54-3)39(56-5)37(26-29)55-4/h6-27,40H,1-5H3,(H,45,51)(H,46,50)(H,47,52)/b35-24+. The average molecular weight is 784 g/mol. The Morgan fingerprint density at radius 1 is 0.737 bits per heavy atom. The molecule has 0 saturated heterocycles. The third-order valence-electron chi connectivity index (χ3n) is 9.02. The second-order valence-electron chi connectivity index (χ2n) is 12.7. The number of ether oxygens (including phenoxy) is 3. The largest absolute Gasteiger partial charge is 0.493 e. The zero-order chi connectivity index (χ0) is 40.5. The highest BCUT2D eigenvalue weighted by Gasteiger charge is 2.26. The second-order valence-corrected chi connectivity index (χ2v) is 13.8. The normalized spacial score (nSPS) is 11.6. The van der Waals surface area contributed by atoms with Gasteiger partial charge in [0.2, 0.25) is 11.7 Å². The monoisotopic (exact) mass is 783 g/mol. The van der Waals surface area contributed by atoms with E-state index in [4.69, 9.17) is 14.2 Å². The van der Waals surface area contributed by atoms with Crippen molar-refractivity contribution in [1.29, 1.82) is 0 Å². The van der Waals surface area contributed by atoms with E-state index in [1.165, 1.54) is 43.8 Å². The van der Waals surface area contributed by atoms with E-state index in [-0.39, 0.29) is 16.9 Å². The van der Waals surface area contributed by atoms with Crippen molar-refractivity contribution in [2.24, 2.45) is 7.05 Å². The Morgan fingerprint density at radius 2 is 1.35 bits per heavy atom. The topological polar surface area (TPSA) is 142 Å². The zero-order valence-electron chi connectivity index (χ0n) is 31.9. The van der Waals surface area contributed by atoms with Crippen LogP contribution in [0.25, 0.3) is 11.8 Å². The summed E-state index contributed by atoms with van der Waals surface area (Å²) in [6, 6.07) is 37.3. The first-order valence-electron chi connectivity index (χ1n) is 17.8. The Hall–Kier alpha value is -6.99. The van der Waals surface area contributed by atoms with E-state index in [1.807, 2.05) is 66.7 Å². The number of para-hydroxylation sites is 1. The minimum absolute atomic E-state index is 0.0582. The van der Waals surface area contributed by atoms with Gasteiger partial charge in [-0.2, -0.15) is 0 Å². The van der Waals surface area contributed by atoms with Gasteiger partial charge < -0.3 is 30.2 Å². The molecule has 0 fully saturated rings. The molecule has 12 nitrogen and oxygen atoms in total. The van der Waals surface area contributed by atoms with Crippen LogP contribution in [0, 0.1) is 6.92 Å². The Balaban J connectivity index is 1.29. The van der Waals surface area contributed by atoms with Crippen molar-refractivity contribution in [3.05, 3.63) is 166 Å². The number of nitrogens with zero attached hydrogens (tertiary/aromatic N) is 2. The van der Waals surface area contributed by atoms with Crippen LogP contribution < -0.4 is 35.7 Å². The maximum absolute atomic E-state index is 14.1. The molecular weight excluding hydrogens is 743 g/mol. The molecule has 0 spiro atoms. The van der Waals surface area contributed by atoms with Crippen molar-refractivity contribution < 1.29 is 28.6 Å². The number of anilines is 2. The lowest BCUT2D eigenvalue weighted by Gasteiger charge is -2.18. The van der Waals surface area contributed by atoms with Crippen LogP contribution in [-0.4, -0.2) is 48.4 Å². The van der Waals surface area contributed by atoms with Crippen molar-refractivity contribution in [2.45, 2.75) is 17.1 Å². The molecule has 3 N–H and O–H groups in total. The van der Waals surface area contributed by atoms with Gasteiger partial charge in [0, 0.05) is 23.2 Å². The summed E-state index contributed by atoms with van der Waals surface area (Å²) < 4.78 is 19.7. The minimum atomic E-state index is -0.776. The lowest BCUT2D eigenvalue weighted by atomic mass is 10.1.